The van der Waals surface area contributed by atoms with Gasteiger partial charge in [-0.2, -0.15) is 0 Å². The fourth-order valence-electron chi connectivity index (χ4n) is 0.703. The molecule has 0 fully saturated rings. The highest BCUT2D eigenvalue weighted by atomic mass is 16.6. The Morgan fingerprint density at radius 3 is 2.38 bits per heavy atom. The van der Waals surface area contributed by atoms with Gasteiger partial charge in [-0.15, -0.1) is 0 Å². The zero-order valence-corrected chi connectivity index (χ0v) is 6.21. The van der Waals surface area contributed by atoms with Crippen molar-refractivity contribution in [3.63, 3.8) is 0 Å². The zero-order chi connectivity index (χ0) is 10.0. The van der Waals surface area contributed by atoms with Gasteiger partial charge in [0.1, 0.15) is 6.07 Å². The molecule has 0 saturated carbocycles. The predicted molar refractivity (Wildman–Crippen MR) is 42.0 cm³/mol. The molecule has 0 atom stereocenters. The van der Waals surface area contributed by atoms with Crippen molar-refractivity contribution in [2.45, 2.75) is 0 Å². The van der Waals surface area contributed by atoms with Crippen molar-refractivity contribution in [3.8, 4) is 0 Å². The second kappa shape index (κ2) is 3.01. The van der Waals surface area contributed by atoms with Gasteiger partial charge in [0.15, 0.2) is 11.9 Å². The molecule has 2 N–H and O–H groups in total. The number of aromatic nitrogens is 1. The van der Waals surface area contributed by atoms with Crippen LogP contribution in [-0.4, -0.2) is 14.8 Å². The maximum absolute atomic E-state index is 10.3. The topological polar surface area (TPSA) is 125 Å². The van der Waals surface area contributed by atoms with E-state index < -0.39 is 21.4 Å². The Bertz CT molecular complexity index is 377. The largest absolute Gasteiger partial charge is 0.390 e. The molecule has 0 aromatic carbocycles. The Balaban J connectivity index is 3.27. The third-order valence-corrected chi connectivity index (χ3v) is 1.28. The standard InChI is InChI=1S/C5H4N4O4/c6-3-2-7-5(9(12)13)1-4(3)8(10)11/h1-2H,6H2. The van der Waals surface area contributed by atoms with E-state index in [0.29, 0.717) is 0 Å². The number of anilines is 1. The van der Waals surface area contributed by atoms with E-state index in [1.807, 2.05) is 0 Å². The van der Waals surface area contributed by atoms with Crippen LogP contribution in [0.15, 0.2) is 12.3 Å². The molecule has 13 heavy (non-hydrogen) atoms. The average molecular weight is 184 g/mol. The van der Waals surface area contributed by atoms with Crippen molar-refractivity contribution in [2.24, 2.45) is 0 Å². The van der Waals surface area contributed by atoms with Gasteiger partial charge in [0, 0.05) is 0 Å². The second-order valence-corrected chi connectivity index (χ2v) is 2.12. The summed E-state index contributed by atoms with van der Waals surface area (Å²) in [5, 5.41) is 20.4. The highest BCUT2D eigenvalue weighted by Crippen LogP contribution is 2.23. The minimum atomic E-state index is -0.827. The lowest BCUT2D eigenvalue weighted by Crippen LogP contribution is -1.99. The van der Waals surface area contributed by atoms with Crippen LogP contribution in [0.2, 0.25) is 0 Å². The van der Waals surface area contributed by atoms with Crippen molar-refractivity contribution >= 4 is 17.2 Å². The Labute approximate surface area is 71.3 Å². The molecule has 8 heteroatoms. The molecule has 0 amide bonds. The van der Waals surface area contributed by atoms with Gasteiger partial charge in [0.05, 0.1) is 4.92 Å². The van der Waals surface area contributed by atoms with Gasteiger partial charge in [-0.25, -0.2) is 0 Å². The number of nitro groups is 2. The first kappa shape index (κ1) is 8.84. The summed E-state index contributed by atoms with van der Waals surface area (Å²) in [5.74, 6) is -0.596. The van der Waals surface area contributed by atoms with Crippen molar-refractivity contribution in [2.75, 3.05) is 5.73 Å². The van der Waals surface area contributed by atoms with Gasteiger partial charge < -0.3 is 15.8 Å². The van der Waals surface area contributed by atoms with Crippen LogP contribution in [-0.2, 0) is 0 Å². The first-order valence-corrected chi connectivity index (χ1v) is 3.06. The zero-order valence-electron chi connectivity index (χ0n) is 6.21. The number of rotatable bonds is 2. The molecular formula is C5H4N4O4. The monoisotopic (exact) mass is 184 g/mol. The van der Waals surface area contributed by atoms with Gasteiger partial charge in [-0.3, -0.25) is 10.1 Å². The van der Waals surface area contributed by atoms with Crippen molar-refractivity contribution in [3.05, 3.63) is 32.5 Å². The number of nitrogens with two attached hydrogens (primary N) is 1. The van der Waals surface area contributed by atoms with Gasteiger partial charge in [-0.05, 0) is 9.91 Å². The Kier molecular flexibility index (Phi) is 2.05. The lowest BCUT2D eigenvalue weighted by molar-refractivity contribution is -0.396. The SMILES string of the molecule is Nc1cnc([N+](=O)[O-])cc1[N+](=O)[O-]. The third-order valence-electron chi connectivity index (χ3n) is 1.28. The lowest BCUT2D eigenvalue weighted by atomic mass is 10.3. The lowest BCUT2D eigenvalue weighted by Gasteiger charge is -1.94. The number of nitrogens with zero attached hydrogens (tertiary/aromatic N) is 3. The molecule has 1 aromatic heterocycles. The van der Waals surface area contributed by atoms with Gasteiger partial charge in [-0.1, -0.05) is 0 Å². The van der Waals surface area contributed by atoms with Gasteiger partial charge in [0.2, 0.25) is 0 Å². The minimum absolute atomic E-state index is 0.199. The molecular weight excluding hydrogens is 180 g/mol. The van der Waals surface area contributed by atoms with E-state index in [1.54, 1.807) is 0 Å². The summed E-state index contributed by atoms with van der Waals surface area (Å²) in [6.45, 7) is 0. The number of hydrogen-bond acceptors (Lipinski definition) is 6. The molecule has 0 saturated heterocycles. The van der Waals surface area contributed by atoms with Crippen LogP contribution >= 0.6 is 0 Å². The molecule has 68 valence electrons. The molecule has 8 nitrogen and oxygen atoms in total. The van der Waals surface area contributed by atoms with Crippen LogP contribution in [0.4, 0.5) is 17.2 Å². The third kappa shape index (κ3) is 1.67. The van der Waals surface area contributed by atoms with Gasteiger partial charge >= 0.3 is 11.5 Å². The summed E-state index contributed by atoms with van der Waals surface area (Å²) in [6, 6.07) is 0.718. The summed E-state index contributed by atoms with van der Waals surface area (Å²) in [4.78, 5) is 22.1. The van der Waals surface area contributed by atoms with Crippen LogP contribution in [0.5, 0.6) is 0 Å². The van der Waals surface area contributed by atoms with E-state index >= 15 is 0 Å². The second-order valence-electron chi connectivity index (χ2n) is 2.12. The molecule has 0 radical (unpaired) electrons. The summed E-state index contributed by atoms with van der Waals surface area (Å²) in [6.07, 6.45) is 0.885. The van der Waals surface area contributed by atoms with Crippen LogP contribution in [0.3, 0.4) is 0 Å². The molecule has 0 aliphatic rings. The van der Waals surface area contributed by atoms with Crippen molar-refractivity contribution in [1.29, 1.82) is 0 Å². The van der Waals surface area contributed by atoms with Crippen LogP contribution in [0, 0.1) is 20.2 Å². The maximum atomic E-state index is 10.3. The van der Waals surface area contributed by atoms with Gasteiger partial charge in [0.25, 0.3) is 0 Å². The maximum Gasteiger partial charge on any atom is 0.370 e. The first-order valence-electron chi connectivity index (χ1n) is 3.06. The van der Waals surface area contributed by atoms with E-state index in [9.17, 15) is 20.2 Å². The molecule has 0 unspecified atom stereocenters. The van der Waals surface area contributed by atoms with Crippen LogP contribution < -0.4 is 5.73 Å². The fourth-order valence-corrected chi connectivity index (χ4v) is 0.703. The fraction of sp³-hybridized carbons (Fsp3) is 0. The van der Waals surface area contributed by atoms with Crippen molar-refractivity contribution < 1.29 is 9.85 Å². The molecule has 0 spiro atoms. The van der Waals surface area contributed by atoms with Crippen LogP contribution in [0.25, 0.3) is 0 Å². The van der Waals surface area contributed by atoms with E-state index in [-0.39, 0.29) is 5.69 Å². The average Bonchev–Trinajstić information content (AvgIpc) is 2.04. The number of hydrogen-bond donors (Lipinski definition) is 1. The van der Waals surface area contributed by atoms with E-state index in [2.05, 4.69) is 4.98 Å². The van der Waals surface area contributed by atoms with E-state index in [1.165, 1.54) is 0 Å². The van der Waals surface area contributed by atoms with E-state index in [0.717, 1.165) is 12.3 Å². The molecule has 1 aromatic rings. The number of nitrogen functional groups attached to an aromatic ring is 1. The Morgan fingerprint density at radius 2 is 1.92 bits per heavy atom. The summed E-state index contributed by atoms with van der Waals surface area (Å²) < 4.78 is 0. The number of pyridine rings is 1. The van der Waals surface area contributed by atoms with Crippen molar-refractivity contribution in [1.82, 2.24) is 4.98 Å². The molecule has 1 heterocycles. The summed E-state index contributed by atoms with van der Waals surface area (Å²) in [5.41, 5.74) is 4.45. The summed E-state index contributed by atoms with van der Waals surface area (Å²) in [7, 11) is 0. The smallest absolute Gasteiger partial charge is 0.370 e. The Morgan fingerprint density at radius 1 is 1.31 bits per heavy atom. The minimum Gasteiger partial charge on any atom is -0.390 e. The molecule has 0 aliphatic carbocycles. The molecule has 0 aliphatic heterocycles. The normalized spacial score (nSPS) is 9.54. The van der Waals surface area contributed by atoms with E-state index in [4.69, 9.17) is 5.73 Å². The highest BCUT2D eigenvalue weighted by molar-refractivity contribution is 5.58. The summed E-state index contributed by atoms with van der Waals surface area (Å²) >= 11 is 0. The molecule has 1 rings (SSSR count). The Hall–Kier alpha value is -2.25. The quantitative estimate of drug-likeness (QED) is 0.526. The molecule has 0 bridgehead atoms. The first-order chi connectivity index (χ1) is 6.02. The van der Waals surface area contributed by atoms with Crippen LogP contribution in [0.1, 0.15) is 0 Å². The predicted octanol–water partition coefficient (Wildman–Crippen LogP) is 0.480. The highest BCUT2D eigenvalue weighted by Gasteiger charge is 2.19.